The third-order valence-corrected chi connectivity index (χ3v) is 1.60. The van der Waals surface area contributed by atoms with Crippen molar-refractivity contribution in [2.75, 3.05) is 12.5 Å². The van der Waals surface area contributed by atoms with Gasteiger partial charge in [-0.15, -0.1) is 0 Å². The van der Waals surface area contributed by atoms with Crippen LogP contribution in [0.1, 0.15) is 5.56 Å². The first-order chi connectivity index (χ1) is 4.86. The van der Waals surface area contributed by atoms with Crippen molar-refractivity contribution in [3.8, 4) is 0 Å². The molecule has 0 spiro atoms. The van der Waals surface area contributed by atoms with Gasteiger partial charge in [-0.05, 0) is 6.07 Å². The molecule has 0 atom stereocenters. The van der Waals surface area contributed by atoms with Crippen LogP contribution in [0.5, 0.6) is 0 Å². The first-order valence-corrected chi connectivity index (χ1v) is 3.28. The number of anilines is 1. The van der Waals surface area contributed by atoms with Crippen molar-refractivity contribution in [1.29, 1.82) is 0 Å². The summed E-state index contributed by atoms with van der Waals surface area (Å²) in [5, 5.41) is 2.01. The number of fused-ring (bicyclic) bond motifs is 1. The highest BCUT2D eigenvalue weighted by molar-refractivity contribution is 5.46. The van der Waals surface area contributed by atoms with E-state index in [1.807, 2.05) is 18.1 Å². The molecule has 0 amide bonds. The molecule has 2 rings (SSSR count). The Hall–Kier alpha value is -1.09. The number of nitrogens with one attached hydrogen (secondary N) is 1. The molecule has 52 valence electrons. The van der Waals surface area contributed by atoms with Crippen molar-refractivity contribution < 1.29 is 0 Å². The van der Waals surface area contributed by atoms with E-state index >= 15 is 0 Å². The average molecular weight is 135 g/mol. The quantitative estimate of drug-likeness (QED) is 0.571. The minimum Gasteiger partial charge on any atom is -0.303 e. The van der Waals surface area contributed by atoms with Crippen molar-refractivity contribution in [2.24, 2.45) is 0 Å². The van der Waals surface area contributed by atoms with Gasteiger partial charge in [0.1, 0.15) is 5.82 Å². The summed E-state index contributed by atoms with van der Waals surface area (Å²) in [6.07, 6.45) is 1.80. The number of hydrogen-bond acceptors (Lipinski definition) is 3. The topological polar surface area (TPSA) is 28.2 Å². The van der Waals surface area contributed by atoms with Gasteiger partial charge in [0, 0.05) is 25.4 Å². The van der Waals surface area contributed by atoms with E-state index in [4.69, 9.17) is 0 Å². The first-order valence-electron chi connectivity index (χ1n) is 3.28. The molecule has 1 aromatic rings. The Kier molecular flexibility index (Phi) is 1.11. The monoisotopic (exact) mass is 135 g/mol. The maximum absolute atomic E-state index is 4.16. The molecule has 10 heavy (non-hydrogen) atoms. The highest BCUT2D eigenvalue weighted by Crippen LogP contribution is 2.19. The number of rotatable bonds is 0. The van der Waals surface area contributed by atoms with Gasteiger partial charge in [-0.1, -0.05) is 6.07 Å². The number of pyridine rings is 1. The van der Waals surface area contributed by atoms with Crippen LogP contribution in [0.4, 0.5) is 5.82 Å². The summed E-state index contributed by atoms with van der Waals surface area (Å²) in [6, 6.07) is 4.04. The Morgan fingerprint density at radius 2 is 2.60 bits per heavy atom. The van der Waals surface area contributed by atoms with Crippen LogP contribution in [-0.4, -0.2) is 17.0 Å². The third kappa shape index (κ3) is 0.752. The van der Waals surface area contributed by atoms with Crippen LogP contribution in [0.15, 0.2) is 18.3 Å². The van der Waals surface area contributed by atoms with E-state index in [1.165, 1.54) is 5.56 Å². The van der Waals surface area contributed by atoms with E-state index in [1.54, 1.807) is 6.20 Å². The zero-order chi connectivity index (χ0) is 6.97. The molecule has 0 aromatic carbocycles. The fourth-order valence-corrected chi connectivity index (χ4v) is 1.14. The fraction of sp³-hybridized carbons (Fsp3) is 0.286. The van der Waals surface area contributed by atoms with Crippen molar-refractivity contribution >= 4 is 5.82 Å². The van der Waals surface area contributed by atoms with Crippen LogP contribution in [-0.2, 0) is 6.54 Å². The molecule has 0 fully saturated rings. The summed E-state index contributed by atoms with van der Waals surface area (Å²) >= 11 is 0. The molecule has 0 unspecified atom stereocenters. The van der Waals surface area contributed by atoms with E-state index in [0.717, 1.165) is 12.4 Å². The molecule has 1 aliphatic heterocycles. The normalized spacial score (nSPS) is 16.5. The van der Waals surface area contributed by atoms with Crippen LogP contribution in [0, 0.1) is 0 Å². The number of aromatic nitrogens is 1. The average Bonchev–Trinajstić information content (AvgIpc) is 2.27. The summed E-state index contributed by atoms with van der Waals surface area (Å²) in [5.41, 5.74) is 4.39. The number of hydrazine groups is 1. The molecule has 1 N–H and O–H groups in total. The molecule has 0 radical (unpaired) electrons. The Balaban J connectivity index is 2.42. The number of hydrogen-bond donors (Lipinski definition) is 1. The molecule has 1 aromatic heterocycles. The van der Waals surface area contributed by atoms with Gasteiger partial charge in [-0.25, -0.2) is 9.99 Å². The number of nitrogens with zero attached hydrogens (tertiary/aromatic N) is 2. The summed E-state index contributed by atoms with van der Waals surface area (Å²) in [5.74, 6) is 0.991. The maximum atomic E-state index is 4.16. The lowest BCUT2D eigenvalue weighted by Gasteiger charge is -2.05. The van der Waals surface area contributed by atoms with Gasteiger partial charge in [0.25, 0.3) is 0 Å². The highest BCUT2D eigenvalue weighted by atomic mass is 15.5. The van der Waals surface area contributed by atoms with Crippen LogP contribution < -0.4 is 5.43 Å². The Labute approximate surface area is 59.7 Å². The summed E-state index contributed by atoms with van der Waals surface area (Å²) < 4.78 is 0. The van der Waals surface area contributed by atoms with Gasteiger partial charge < -0.3 is 5.43 Å². The first kappa shape index (κ1) is 5.68. The lowest BCUT2D eigenvalue weighted by Crippen LogP contribution is -2.16. The van der Waals surface area contributed by atoms with Crippen LogP contribution >= 0.6 is 0 Å². The van der Waals surface area contributed by atoms with Crippen molar-refractivity contribution in [3.05, 3.63) is 23.9 Å². The van der Waals surface area contributed by atoms with Gasteiger partial charge in [0.15, 0.2) is 0 Å². The molecule has 1 aliphatic rings. The minimum atomic E-state index is 0.948. The van der Waals surface area contributed by atoms with Crippen molar-refractivity contribution in [2.45, 2.75) is 6.54 Å². The van der Waals surface area contributed by atoms with E-state index in [2.05, 4.69) is 16.5 Å². The zero-order valence-electron chi connectivity index (χ0n) is 5.83. The second kappa shape index (κ2) is 1.95. The summed E-state index contributed by atoms with van der Waals surface area (Å²) in [6.45, 7) is 0.948. The third-order valence-electron chi connectivity index (χ3n) is 1.60. The maximum Gasteiger partial charge on any atom is 0.144 e. The van der Waals surface area contributed by atoms with Gasteiger partial charge in [-0.3, -0.25) is 0 Å². The van der Waals surface area contributed by atoms with Gasteiger partial charge in [0.05, 0.1) is 0 Å². The minimum absolute atomic E-state index is 0.948. The molecule has 0 bridgehead atoms. The van der Waals surface area contributed by atoms with Gasteiger partial charge >= 0.3 is 0 Å². The Morgan fingerprint density at radius 3 is 3.40 bits per heavy atom. The van der Waals surface area contributed by atoms with E-state index in [-0.39, 0.29) is 0 Å². The molecular formula is C7H9N3. The predicted octanol–water partition coefficient (Wildman–Crippen LogP) is 0.854. The molecule has 0 aliphatic carbocycles. The summed E-state index contributed by atoms with van der Waals surface area (Å²) in [4.78, 5) is 4.16. The van der Waals surface area contributed by atoms with Crippen molar-refractivity contribution in [1.82, 2.24) is 9.99 Å². The van der Waals surface area contributed by atoms with Gasteiger partial charge in [0.2, 0.25) is 0 Å². The Bertz CT molecular complexity index is 221. The van der Waals surface area contributed by atoms with Crippen LogP contribution in [0.25, 0.3) is 0 Å². The summed E-state index contributed by atoms with van der Waals surface area (Å²) in [7, 11) is 2.00. The van der Waals surface area contributed by atoms with Gasteiger partial charge in [-0.2, -0.15) is 0 Å². The lowest BCUT2D eigenvalue weighted by molar-refractivity contribution is 0.422. The van der Waals surface area contributed by atoms with E-state index in [0.29, 0.717) is 0 Å². The highest BCUT2D eigenvalue weighted by Gasteiger charge is 2.13. The molecule has 0 saturated heterocycles. The Morgan fingerprint density at radius 1 is 1.70 bits per heavy atom. The predicted molar refractivity (Wildman–Crippen MR) is 39.3 cm³/mol. The molecule has 2 heterocycles. The van der Waals surface area contributed by atoms with E-state index in [9.17, 15) is 0 Å². The van der Waals surface area contributed by atoms with E-state index < -0.39 is 0 Å². The molecule has 3 heteroatoms. The lowest BCUT2D eigenvalue weighted by atomic mass is 10.3. The second-order valence-corrected chi connectivity index (χ2v) is 2.48. The van der Waals surface area contributed by atoms with Crippen molar-refractivity contribution in [3.63, 3.8) is 0 Å². The van der Waals surface area contributed by atoms with Crippen LogP contribution in [0.3, 0.4) is 0 Å². The fourth-order valence-electron chi connectivity index (χ4n) is 1.14. The standard InChI is InChI=1S/C7H9N3/c1-10-5-6-3-2-4-8-7(6)9-10/h2-4H,5H2,1H3,(H,8,9). The zero-order valence-corrected chi connectivity index (χ0v) is 5.83. The molecular weight excluding hydrogens is 126 g/mol. The second-order valence-electron chi connectivity index (χ2n) is 2.48. The SMILES string of the molecule is CN1Cc2cccnc2N1. The van der Waals surface area contributed by atoms with Crippen LogP contribution in [0.2, 0.25) is 0 Å². The molecule has 3 nitrogen and oxygen atoms in total. The smallest absolute Gasteiger partial charge is 0.144 e. The largest absolute Gasteiger partial charge is 0.303 e. The molecule has 0 saturated carbocycles.